The second-order valence-electron chi connectivity index (χ2n) is 6.31. The van der Waals surface area contributed by atoms with Crippen molar-refractivity contribution in [2.75, 3.05) is 23.9 Å². The summed E-state index contributed by atoms with van der Waals surface area (Å²) in [4.78, 5) is 23.4. The lowest BCUT2D eigenvalue weighted by Gasteiger charge is -2.22. The third-order valence-electron chi connectivity index (χ3n) is 4.21. The fourth-order valence-corrected chi connectivity index (χ4v) is 2.95. The molecule has 0 amide bonds. The van der Waals surface area contributed by atoms with E-state index in [1.165, 1.54) is 6.33 Å². The van der Waals surface area contributed by atoms with Crippen LogP contribution in [0.1, 0.15) is 11.1 Å². The van der Waals surface area contributed by atoms with Crippen LogP contribution >= 0.6 is 0 Å². The summed E-state index contributed by atoms with van der Waals surface area (Å²) in [5, 5.41) is 11.8. The summed E-state index contributed by atoms with van der Waals surface area (Å²) in [6, 6.07) is 19.6. The zero-order valence-electron chi connectivity index (χ0n) is 15.3. The smallest absolute Gasteiger partial charge is 0.349 e. The molecule has 0 fully saturated rings. The molecule has 0 saturated carbocycles. The van der Waals surface area contributed by atoms with Crippen molar-refractivity contribution >= 4 is 17.3 Å². The van der Waals surface area contributed by atoms with E-state index in [1.54, 1.807) is 23.9 Å². The highest BCUT2D eigenvalue weighted by molar-refractivity contribution is 5.71. The highest BCUT2D eigenvalue weighted by atomic mass is 16.6. The largest absolute Gasteiger partial charge is 0.353 e. The average molecular weight is 363 g/mol. The number of hydrogen-bond donors (Lipinski definition) is 0. The highest BCUT2D eigenvalue weighted by Gasteiger charge is 2.27. The van der Waals surface area contributed by atoms with E-state index in [1.807, 2.05) is 60.7 Å². The molecule has 1 heterocycles. The molecule has 0 unspecified atom stereocenters. The minimum absolute atomic E-state index is 0.0886. The van der Waals surface area contributed by atoms with Crippen molar-refractivity contribution in [1.29, 1.82) is 0 Å². The normalized spacial score (nSPS) is 10.4. The second-order valence-corrected chi connectivity index (χ2v) is 6.31. The van der Waals surface area contributed by atoms with Crippen LogP contribution in [0.2, 0.25) is 0 Å². The maximum Gasteiger partial charge on any atom is 0.353 e. The zero-order chi connectivity index (χ0) is 19.2. The Balaban J connectivity index is 1.91. The van der Waals surface area contributed by atoms with Gasteiger partial charge >= 0.3 is 5.69 Å². The van der Waals surface area contributed by atoms with E-state index in [0.717, 1.165) is 11.1 Å². The minimum Gasteiger partial charge on any atom is -0.349 e. The number of benzene rings is 2. The quantitative estimate of drug-likeness (QED) is 0.471. The molecule has 3 rings (SSSR count). The summed E-state index contributed by atoms with van der Waals surface area (Å²) in [6.07, 6.45) is 1.38. The van der Waals surface area contributed by atoms with Crippen LogP contribution < -0.4 is 9.80 Å². The number of rotatable bonds is 7. The van der Waals surface area contributed by atoms with Crippen LogP contribution in [-0.4, -0.2) is 29.0 Å². The summed E-state index contributed by atoms with van der Waals surface area (Å²) >= 11 is 0. The van der Waals surface area contributed by atoms with Crippen molar-refractivity contribution in [3.05, 3.63) is 88.2 Å². The summed E-state index contributed by atoms with van der Waals surface area (Å²) in [5.74, 6) is 0.600. The van der Waals surface area contributed by atoms with E-state index < -0.39 is 4.92 Å². The first-order valence-electron chi connectivity index (χ1n) is 8.55. The van der Waals surface area contributed by atoms with Crippen LogP contribution in [0.15, 0.2) is 67.0 Å². The number of nitro groups is 1. The molecule has 0 atom stereocenters. The Labute approximate surface area is 158 Å². The molecule has 138 valence electrons. The predicted octanol–water partition coefficient (Wildman–Crippen LogP) is 3.66. The van der Waals surface area contributed by atoms with Crippen LogP contribution in [0.4, 0.5) is 17.3 Å². The van der Waals surface area contributed by atoms with Gasteiger partial charge in [-0.2, -0.15) is 0 Å². The third kappa shape index (κ3) is 4.38. The van der Waals surface area contributed by atoms with Gasteiger partial charge in [-0.3, -0.25) is 10.1 Å². The number of anilines is 2. The van der Waals surface area contributed by atoms with Crippen molar-refractivity contribution in [3.63, 3.8) is 0 Å². The molecule has 0 aliphatic heterocycles. The fraction of sp³-hybridized carbons (Fsp3) is 0.200. The standard InChI is InChI=1S/C20H21N5O2/c1-23(13-16-9-5-3-6-10-16)19-18(25(26)27)20(22-15-21-19)24(2)14-17-11-7-4-8-12-17/h3-12,15H,13-14H2,1-2H3. The van der Waals surface area contributed by atoms with Gasteiger partial charge in [0.15, 0.2) is 0 Å². The zero-order valence-corrected chi connectivity index (χ0v) is 15.3. The van der Waals surface area contributed by atoms with Crippen molar-refractivity contribution < 1.29 is 4.92 Å². The molecule has 7 heteroatoms. The minimum atomic E-state index is -0.409. The van der Waals surface area contributed by atoms with Crippen LogP contribution in [-0.2, 0) is 13.1 Å². The van der Waals surface area contributed by atoms with Gasteiger partial charge < -0.3 is 9.80 Å². The Kier molecular flexibility index (Phi) is 5.61. The van der Waals surface area contributed by atoms with E-state index in [9.17, 15) is 10.1 Å². The van der Waals surface area contributed by atoms with Crippen molar-refractivity contribution in [2.45, 2.75) is 13.1 Å². The Morgan fingerprint density at radius 2 is 1.22 bits per heavy atom. The first-order chi connectivity index (χ1) is 13.1. The van der Waals surface area contributed by atoms with Crippen molar-refractivity contribution in [3.8, 4) is 0 Å². The van der Waals surface area contributed by atoms with Gasteiger partial charge in [0.05, 0.1) is 4.92 Å². The lowest BCUT2D eigenvalue weighted by atomic mass is 10.2. The summed E-state index contributed by atoms with van der Waals surface area (Å²) < 4.78 is 0. The first-order valence-corrected chi connectivity index (χ1v) is 8.55. The van der Waals surface area contributed by atoms with Gasteiger partial charge in [-0.05, 0) is 11.1 Å². The monoisotopic (exact) mass is 363 g/mol. The van der Waals surface area contributed by atoms with E-state index in [2.05, 4.69) is 9.97 Å². The maximum atomic E-state index is 11.8. The molecule has 0 radical (unpaired) electrons. The van der Waals surface area contributed by atoms with E-state index in [4.69, 9.17) is 0 Å². The molecule has 0 saturated heterocycles. The molecule has 0 bridgehead atoms. The second kappa shape index (κ2) is 8.27. The van der Waals surface area contributed by atoms with Crippen molar-refractivity contribution in [2.24, 2.45) is 0 Å². The van der Waals surface area contributed by atoms with Crippen LogP contribution in [0, 0.1) is 10.1 Å². The molecule has 2 aromatic carbocycles. The van der Waals surface area contributed by atoms with Gasteiger partial charge in [0.2, 0.25) is 11.6 Å². The topological polar surface area (TPSA) is 75.4 Å². The lowest BCUT2D eigenvalue weighted by molar-refractivity contribution is -0.383. The SMILES string of the molecule is CN(Cc1ccccc1)c1ncnc(N(C)Cc2ccccc2)c1[N+](=O)[O-]. The average Bonchev–Trinajstić information content (AvgIpc) is 2.68. The number of nitrogens with zero attached hydrogens (tertiary/aromatic N) is 5. The van der Waals surface area contributed by atoms with Gasteiger partial charge in [0.1, 0.15) is 6.33 Å². The van der Waals surface area contributed by atoms with Gasteiger partial charge in [0.25, 0.3) is 0 Å². The molecule has 0 spiro atoms. The van der Waals surface area contributed by atoms with Gasteiger partial charge in [0, 0.05) is 27.2 Å². The molecule has 3 aromatic rings. The Bertz CT molecular complexity index is 837. The summed E-state index contributed by atoms with van der Waals surface area (Å²) in [5.41, 5.74) is 2.01. The molecule has 27 heavy (non-hydrogen) atoms. The molecule has 0 aliphatic carbocycles. The Hall–Kier alpha value is -3.48. The molecule has 0 N–H and O–H groups in total. The van der Waals surface area contributed by atoms with Gasteiger partial charge in [-0.25, -0.2) is 9.97 Å². The molecular formula is C20H21N5O2. The molecule has 1 aromatic heterocycles. The van der Waals surface area contributed by atoms with Crippen LogP contribution in [0.3, 0.4) is 0 Å². The Morgan fingerprint density at radius 1 is 0.815 bits per heavy atom. The van der Waals surface area contributed by atoms with E-state index >= 15 is 0 Å². The van der Waals surface area contributed by atoms with Crippen LogP contribution in [0.5, 0.6) is 0 Å². The highest BCUT2D eigenvalue weighted by Crippen LogP contribution is 2.34. The molecular weight excluding hydrogens is 342 g/mol. The third-order valence-corrected chi connectivity index (χ3v) is 4.21. The van der Waals surface area contributed by atoms with E-state index in [0.29, 0.717) is 24.7 Å². The predicted molar refractivity (Wildman–Crippen MR) is 106 cm³/mol. The fourth-order valence-electron chi connectivity index (χ4n) is 2.95. The first kappa shape index (κ1) is 18.3. The summed E-state index contributed by atoms with van der Waals surface area (Å²) in [6.45, 7) is 1.03. The number of hydrogen-bond acceptors (Lipinski definition) is 6. The van der Waals surface area contributed by atoms with E-state index in [-0.39, 0.29) is 5.69 Å². The van der Waals surface area contributed by atoms with Gasteiger partial charge in [-0.15, -0.1) is 0 Å². The maximum absolute atomic E-state index is 11.8. The summed E-state index contributed by atoms with van der Waals surface area (Å²) in [7, 11) is 3.59. The molecule has 0 aliphatic rings. The molecule has 7 nitrogen and oxygen atoms in total. The Morgan fingerprint density at radius 3 is 1.59 bits per heavy atom. The number of aromatic nitrogens is 2. The van der Waals surface area contributed by atoms with Crippen molar-refractivity contribution in [1.82, 2.24) is 9.97 Å². The van der Waals surface area contributed by atoms with Gasteiger partial charge in [-0.1, -0.05) is 60.7 Å². The lowest BCUT2D eigenvalue weighted by Crippen LogP contribution is -2.23. The van der Waals surface area contributed by atoms with Crippen LogP contribution in [0.25, 0.3) is 0 Å².